The Morgan fingerprint density at radius 1 is 1.04 bits per heavy atom. The standard InChI is InChI=1S/C18H30N2O3S/c1-2-6-24(22,23)20-5-3-4-17(20)18(21)19-12-15-8-13-7-14(9-15)11-16(19)10-13/h13-17H,2-12H2,1H3. The first-order valence-electron chi connectivity index (χ1n) is 9.78. The molecule has 3 atom stereocenters. The van der Waals surface area contributed by atoms with Gasteiger partial charge in [0.1, 0.15) is 6.04 Å². The molecular weight excluding hydrogens is 324 g/mol. The zero-order valence-electron chi connectivity index (χ0n) is 14.7. The molecule has 6 heteroatoms. The molecule has 2 saturated carbocycles. The molecule has 4 bridgehead atoms. The molecular formula is C18H30N2O3S. The van der Waals surface area contributed by atoms with Gasteiger partial charge >= 0.3 is 0 Å². The van der Waals surface area contributed by atoms with Crippen LogP contribution in [0.4, 0.5) is 0 Å². The zero-order chi connectivity index (χ0) is 16.9. The van der Waals surface area contributed by atoms with Crippen LogP contribution in [-0.4, -0.2) is 54.5 Å². The van der Waals surface area contributed by atoms with E-state index in [1.807, 2.05) is 6.92 Å². The first kappa shape index (κ1) is 16.8. The number of carbonyl (C=O) groups is 1. The van der Waals surface area contributed by atoms with Crippen LogP contribution in [0, 0.1) is 17.8 Å². The van der Waals surface area contributed by atoms with Crippen LogP contribution >= 0.6 is 0 Å². The van der Waals surface area contributed by atoms with E-state index < -0.39 is 16.1 Å². The third-order valence-corrected chi connectivity index (χ3v) is 8.77. The Bertz CT molecular complexity index is 591. The monoisotopic (exact) mass is 354 g/mol. The summed E-state index contributed by atoms with van der Waals surface area (Å²) in [5.74, 6) is 2.51. The minimum Gasteiger partial charge on any atom is -0.338 e. The topological polar surface area (TPSA) is 57.7 Å². The summed E-state index contributed by atoms with van der Waals surface area (Å²) >= 11 is 0. The van der Waals surface area contributed by atoms with Crippen molar-refractivity contribution < 1.29 is 13.2 Å². The maximum atomic E-state index is 13.3. The van der Waals surface area contributed by atoms with Crippen molar-refractivity contribution >= 4 is 15.9 Å². The molecule has 5 fully saturated rings. The number of nitrogens with zero attached hydrogens (tertiary/aromatic N) is 2. The lowest BCUT2D eigenvalue weighted by atomic mass is 9.68. The SMILES string of the molecule is CCCS(=O)(=O)N1CCCC1C(=O)N1CC2CC3CC(C2)CC1C3. The zero-order valence-corrected chi connectivity index (χ0v) is 15.5. The summed E-state index contributed by atoms with van der Waals surface area (Å²) in [4.78, 5) is 15.4. The molecule has 0 aromatic heterocycles. The van der Waals surface area contributed by atoms with Gasteiger partial charge < -0.3 is 4.90 Å². The Balaban J connectivity index is 1.55. The molecule has 2 aliphatic carbocycles. The molecule has 3 unspecified atom stereocenters. The van der Waals surface area contributed by atoms with Crippen LogP contribution in [0.1, 0.15) is 58.3 Å². The van der Waals surface area contributed by atoms with Crippen molar-refractivity contribution in [2.75, 3.05) is 18.8 Å². The van der Waals surface area contributed by atoms with Gasteiger partial charge in [-0.05, 0) is 69.1 Å². The Kier molecular flexibility index (Phi) is 4.40. The van der Waals surface area contributed by atoms with Crippen LogP contribution in [0.25, 0.3) is 0 Å². The van der Waals surface area contributed by atoms with Crippen LogP contribution in [0.2, 0.25) is 0 Å². The molecule has 3 heterocycles. The number of rotatable bonds is 4. The minimum atomic E-state index is -3.29. The highest BCUT2D eigenvalue weighted by molar-refractivity contribution is 7.89. The Morgan fingerprint density at radius 2 is 1.71 bits per heavy atom. The maximum absolute atomic E-state index is 13.3. The molecule has 5 rings (SSSR count). The van der Waals surface area contributed by atoms with Gasteiger partial charge in [-0.1, -0.05) is 6.92 Å². The summed E-state index contributed by atoms with van der Waals surface area (Å²) in [5, 5.41) is 0. The summed E-state index contributed by atoms with van der Waals surface area (Å²) in [6.45, 7) is 3.27. The second-order valence-corrected chi connectivity index (χ2v) is 10.5. The Hall–Kier alpha value is -0.620. The second kappa shape index (κ2) is 6.27. The fourth-order valence-electron chi connectivity index (χ4n) is 5.94. The van der Waals surface area contributed by atoms with Gasteiger partial charge in [-0.2, -0.15) is 4.31 Å². The Labute approximate surface area is 145 Å². The largest absolute Gasteiger partial charge is 0.338 e. The van der Waals surface area contributed by atoms with Crippen LogP contribution in [-0.2, 0) is 14.8 Å². The summed E-state index contributed by atoms with van der Waals surface area (Å²) in [6, 6.07) is -0.0673. The van der Waals surface area contributed by atoms with Gasteiger partial charge in [0.2, 0.25) is 15.9 Å². The third-order valence-electron chi connectivity index (χ3n) is 6.70. The van der Waals surface area contributed by atoms with Crippen LogP contribution in [0.15, 0.2) is 0 Å². The van der Waals surface area contributed by atoms with Crippen LogP contribution < -0.4 is 0 Å². The normalized spacial score (nSPS) is 39.4. The van der Waals surface area contributed by atoms with E-state index in [-0.39, 0.29) is 11.7 Å². The van der Waals surface area contributed by atoms with Gasteiger partial charge in [-0.3, -0.25) is 4.79 Å². The number of hydrogen-bond acceptors (Lipinski definition) is 3. The van der Waals surface area contributed by atoms with E-state index in [1.165, 1.54) is 23.6 Å². The number of carbonyl (C=O) groups excluding carboxylic acids is 1. The maximum Gasteiger partial charge on any atom is 0.241 e. The molecule has 3 aliphatic heterocycles. The Morgan fingerprint density at radius 3 is 2.38 bits per heavy atom. The molecule has 5 aliphatic rings. The smallest absolute Gasteiger partial charge is 0.241 e. The van der Waals surface area contributed by atoms with Gasteiger partial charge in [0.25, 0.3) is 0 Å². The van der Waals surface area contributed by atoms with E-state index in [0.29, 0.717) is 31.3 Å². The lowest BCUT2D eigenvalue weighted by Crippen LogP contribution is -2.52. The molecule has 0 radical (unpaired) electrons. The lowest BCUT2D eigenvalue weighted by Gasteiger charge is -2.39. The molecule has 0 aromatic carbocycles. The number of fused-ring (bicyclic) bond motifs is 1. The van der Waals surface area contributed by atoms with E-state index in [1.54, 1.807) is 0 Å². The molecule has 3 saturated heterocycles. The summed E-state index contributed by atoms with van der Waals surface area (Å²) in [6.07, 6.45) is 8.32. The van der Waals surface area contributed by atoms with Gasteiger partial charge in [0, 0.05) is 19.1 Å². The predicted octanol–water partition coefficient (Wildman–Crippen LogP) is 2.23. The first-order chi connectivity index (χ1) is 11.5. The average Bonchev–Trinajstić information content (AvgIpc) is 2.93. The molecule has 1 amide bonds. The van der Waals surface area contributed by atoms with Gasteiger partial charge in [-0.15, -0.1) is 0 Å². The number of sulfonamides is 1. The van der Waals surface area contributed by atoms with Crippen molar-refractivity contribution in [2.45, 2.75) is 70.4 Å². The molecule has 0 N–H and O–H groups in total. The number of amides is 1. The second-order valence-electron chi connectivity index (χ2n) is 8.51. The van der Waals surface area contributed by atoms with E-state index in [9.17, 15) is 13.2 Å². The van der Waals surface area contributed by atoms with Gasteiger partial charge in [0.15, 0.2) is 0 Å². The summed E-state index contributed by atoms with van der Waals surface area (Å²) in [7, 11) is -3.29. The number of hydrogen-bond donors (Lipinski definition) is 0. The van der Waals surface area contributed by atoms with Crippen LogP contribution in [0.3, 0.4) is 0 Å². The van der Waals surface area contributed by atoms with E-state index >= 15 is 0 Å². The van der Waals surface area contributed by atoms with Gasteiger partial charge in [0.05, 0.1) is 5.75 Å². The lowest BCUT2D eigenvalue weighted by molar-refractivity contribution is -0.137. The molecule has 5 nitrogen and oxygen atoms in total. The van der Waals surface area contributed by atoms with Crippen molar-refractivity contribution in [3.8, 4) is 0 Å². The van der Waals surface area contributed by atoms with Crippen molar-refractivity contribution in [1.29, 1.82) is 0 Å². The van der Waals surface area contributed by atoms with Crippen molar-refractivity contribution in [2.24, 2.45) is 17.8 Å². The highest BCUT2D eigenvalue weighted by Crippen LogP contribution is 2.47. The quantitative estimate of drug-likeness (QED) is 0.778. The molecule has 24 heavy (non-hydrogen) atoms. The minimum absolute atomic E-state index is 0.102. The van der Waals surface area contributed by atoms with Gasteiger partial charge in [-0.25, -0.2) is 8.42 Å². The van der Waals surface area contributed by atoms with Crippen molar-refractivity contribution in [3.05, 3.63) is 0 Å². The fraction of sp³-hybridized carbons (Fsp3) is 0.944. The van der Waals surface area contributed by atoms with E-state index in [4.69, 9.17) is 0 Å². The van der Waals surface area contributed by atoms with E-state index in [2.05, 4.69) is 4.90 Å². The van der Waals surface area contributed by atoms with E-state index in [0.717, 1.165) is 37.6 Å². The highest BCUT2D eigenvalue weighted by atomic mass is 32.2. The van der Waals surface area contributed by atoms with Crippen LogP contribution in [0.5, 0.6) is 0 Å². The highest BCUT2D eigenvalue weighted by Gasteiger charge is 2.47. The summed E-state index contributed by atoms with van der Waals surface area (Å²) in [5.41, 5.74) is 0. The average molecular weight is 355 g/mol. The first-order valence-corrected chi connectivity index (χ1v) is 11.4. The molecule has 0 aromatic rings. The molecule has 0 spiro atoms. The third kappa shape index (κ3) is 2.90. The fourth-order valence-corrected chi connectivity index (χ4v) is 7.68. The summed E-state index contributed by atoms with van der Waals surface area (Å²) < 4.78 is 26.6. The molecule has 136 valence electrons. The predicted molar refractivity (Wildman–Crippen MR) is 92.9 cm³/mol. The van der Waals surface area contributed by atoms with Crippen molar-refractivity contribution in [3.63, 3.8) is 0 Å². The van der Waals surface area contributed by atoms with Crippen molar-refractivity contribution in [1.82, 2.24) is 9.21 Å².